The average molecular weight is 564 g/mol. The van der Waals surface area contributed by atoms with Crippen molar-refractivity contribution in [3.8, 4) is 11.1 Å². The zero-order chi connectivity index (χ0) is 29.0. The number of aryl methyl sites for hydroxylation is 3. The van der Waals surface area contributed by atoms with Crippen LogP contribution in [0.25, 0.3) is 33.2 Å². The number of anilines is 3. The summed E-state index contributed by atoms with van der Waals surface area (Å²) in [6.45, 7) is 8.98. The molecule has 1 aliphatic heterocycles. The first-order valence-corrected chi connectivity index (χ1v) is 15.2. The van der Waals surface area contributed by atoms with E-state index in [0.29, 0.717) is 17.9 Å². The van der Waals surface area contributed by atoms with Gasteiger partial charge in [-0.1, -0.05) is 18.2 Å². The van der Waals surface area contributed by atoms with Gasteiger partial charge in [0.1, 0.15) is 17.8 Å². The molecule has 42 heavy (non-hydrogen) atoms. The second-order valence-electron chi connectivity index (χ2n) is 12.4. The van der Waals surface area contributed by atoms with Gasteiger partial charge in [0.15, 0.2) is 0 Å². The van der Waals surface area contributed by atoms with E-state index in [2.05, 4.69) is 99.8 Å². The van der Waals surface area contributed by atoms with Gasteiger partial charge in [-0.15, -0.1) is 0 Å². The van der Waals surface area contributed by atoms with Crippen molar-refractivity contribution in [1.29, 1.82) is 0 Å². The van der Waals surface area contributed by atoms with Crippen molar-refractivity contribution in [1.82, 2.24) is 33.9 Å². The summed E-state index contributed by atoms with van der Waals surface area (Å²) < 4.78 is 4.50. The molecule has 0 bridgehead atoms. The van der Waals surface area contributed by atoms with Gasteiger partial charge in [0.2, 0.25) is 5.95 Å². The second kappa shape index (κ2) is 10.7. The maximum atomic E-state index is 6.48. The van der Waals surface area contributed by atoms with Gasteiger partial charge in [-0.3, -0.25) is 4.90 Å². The molecule has 2 aliphatic rings. The molecule has 9 nitrogen and oxygen atoms in total. The van der Waals surface area contributed by atoms with Crippen molar-refractivity contribution in [2.75, 3.05) is 44.3 Å². The highest BCUT2D eigenvalue weighted by atomic mass is 15.3. The van der Waals surface area contributed by atoms with Crippen LogP contribution in [-0.2, 0) is 7.05 Å². The number of nitrogen functional groups attached to an aromatic ring is 1. The van der Waals surface area contributed by atoms with Crippen LogP contribution >= 0.6 is 0 Å². The second-order valence-corrected chi connectivity index (χ2v) is 12.4. The lowest BCUT2D eigenvalue weighted by Crippen LogP contribution is -2.49. The van der Waals surface area contributed by atoms with E-state index in [1.807, 2.05) is 0 Å². The standard InChI is InChI=1S/C33H41N9/c1-21-17-22(2)30-28(18-21)38-33(40(30)4)37-24-7-5-23(6-8-24)27-19-42(32-29(27)31(34)35-20-36-32)26-11-9-25(10-12-26)41-15-13-39(3)14-16-41/h5-8,17-20,25-26H,9-16H2,1-4H3,(H,37,38)(H2,34,35,36). The smallest absolute Gasteiger partial charge is 0.208 e. The lowest BCUT2D eigenvalue weighted by molar-refractivity contribution is 0.0828. The van der Waals surface area contributed by atoms with Crippen LogP contribution in [-0.4, -0.2) is 73.2 Å². The van der Waals surface area contributed by atoms with E-state index in [1.54, 1.807) is 6.33 Å². The van der Waals surface area contributed by atoms with Gasteiger partial charge in [0.05, 0.1) is 16.4 Å². The van der Waals surface area contributed by atoms with Gasteiger partial charge in [-0.05, 0) is 81.5 Å². The van der Waals surface area contributed by atoms with Crippen LogP contribution in [0, 0.1) is 13.8 Å². The average Bonchev–Trinajstić information content (AvgIpc) is 3.52. The summed E-state index contributed by atoms with van der Waals surface area (Å²) in [6.07, 6.45) is 8.63. The van der Waals surface area contributed by atoms with Crippen LogP contribution < -0.4 is 11.1 Å². The zero-order valence-corrected chi connectivity index (χ0v) is 25.1. The first-order chi connectivity index (χ1) is 20.4. The number of rotatable bonds is 5. The number of nitrogens with zero attached hydrogens (tertiary/aromatic N) is 7. The van der Waals surface area contributed by atoms with Gasteiger partial charge in [0.25, 0.3) is 0 Å². The fourth-order valence-corrected chi connectivity index (χ4v) is 7.22. The number of hydrogen-bond acceptors (Lipinski definition) is 7. The fourth-order valence-electron chi connectivity index (χ4n) is 7.22. The summed E-state index contributed by atoms with van der Waals surface area (Å²) in [4.78, 5) is 19.1. The highest BCUT2D eigenvalue weighted by molar-refractivity contribution is 6.00. The molecule has 4 heterocycles. The van der Waals surface area contributed by atoms with Crippen LogP contribution in [0.2, 0.25) is 0 Å². The summed E-state index contributed by atoms with van der Waals surface area (Å²) >= 11 is 0. The van der Waals surface area contributed by atoms with E-state index < -0.39 is 0 Å². The minimum absolute atomic E-state index is 0.421. The summed E-state index contributed by atoms with van der Waals surface area (Å²) in [5.41, 5.74) is 15.2. The molecule has 0 radical (unpaired) electrons. The van der Waals surface area contributed by atoms with Gasteiger partial charge in [0, 0.05) is 62.8 Å². The highest BCUT2D eigenvalue weighted by Gasteiger charge is 2.30. The Balaban J connectivity index is 1.13. The first-order valence-electron chi connectivity index (χ1n) is 15.2. The first kappa shape index (κ1) is 26.9. The third-order valence-electron chi connectivity index (χ3n) is 9.51. The molecule has 1 saturated carbocycles. The molecule has 9 heteroatoms. The number of aromatic nitrogens is 5. The summed E-state index contributed by atoms with van der Waals surface area (Å²) in [7, 11) is 4.29. The van der Waals surface area contributed by atoms with E-state index in [-0.39, 0.29) is 0 Å². The monoisotopic (exact) mass is 563 g/mol. The van der Waals surface area contributed by atoms with Crippen molar-refractivity contribution in [3.63, 3.8) is 0 Å². The lowest BCUT2D eigenvalue weighted by atomic mass is 9.89. The Labute approximate surface area is 247 Å². The molecule has 218 valence electrons. The molecule has 3 N–H and O–H groups in total. The molecule has 2 fully saturated rings. The molecule has 0 amide bonds. The molecule has 5 aromatic rings. The number of nitrogens with one attached hydrogen (secondary N) is 1. The molecule has 0 unspecified atom stereocenters. The van der Waals surface area contributed by atoms with E-state index in [9.17, 15) is 0 Å². The third-order valence-corrected chi connectivity index (χ3v) is 9.51. The number of benzene rings is 2. The van der Waals surface area contributed by atoms with E-state index >= 15 is 0 Å². The van der Waals surface area contributed by atoms with E-state index in [4.69, 9.17) is 15.7 Å². The third kappa shape index (κ3) is 4.80. The molecule has 0 spiro atoms. The van der Waals surface area contributed by atoms with Crippen molar-refractivity contribution in [2.24, 2.45) is 7.05 Å². The highest BCUT2D eigenvalue weighted by Crippen LogP contribution is 2.39. The molecule has 1 aliphatic carbocycles. The Kier molecular flexibility index (Phi) is 6.86. The van der Waals surface area contributed by atoms with E-state index in [0.717, 1.165) is 57.7 Å². The SMILES string of the molecule is Cc1cc(C)c2c(c1)nc(Nc1ccc(-c3cn(C4CCC(N5CCN(C)CC5)CC4)c4ncnc(N)c34)cc1)n2C. The normalized spacial score (nSPS) is 20.5. The van der Waals surface area contributed by atoms with Gasteiger partial charge in [-0.2, -0.15) is 0 Å². The Morgan fingerprint density at radius 3 is 2.33 bits per heavy atom. The number of fused-ring (bicyclic) bond motifs is 2. The lowest BCUT2D eigenvalue weighted by Gasteiger charge is -2.41. The number of likely N-dealkylation sites (N-methyl/N-ethyl adjacent to an activating group) is 1. The van der Waals surface area contributed by atoms with Crippen LogP contribution in [0.5, 0.6) is 0 Å². The summed E-state index contributed by atoms with van der Waals surface area (Å²) in [5.74, 6) is 1.36. The maximum Gasteiger partial charge on any atom is 0.208 e. The van der Waals surface area contributed by atoms with E-state index in [1.165, 1.54) is 50.1 Å². The predicted molar refractivity (Wildman–Crippen MR) is 171 cm³/mol. The molecular weight excluding hydrogens is 522 g/mol. The quantitative estimate of drug-likeness (QED) is 0.285. The Bertz CT molecular complexity index is 1730. The number of hydrogen-bond donors (Lipinski definition) is 2. The minimum atomic E-state index is 0.421. The van der Waals surface area contributed by atoms with Crippen LogP contribution in [0.3, 0.4) is 0 Å². The molecule has 1 saturated heterocycles. The molecule has 3 aromatic heterocycles. The number of nitrogens with two attached hydrogens (primary N) is 1. The summed E-state index contributed by atoms with van der Waals surface area (Å²) in [5, 5.41) is 4.46. The maximum absolute atomic E-state index is 6.48. The molecule has 2 aromatic carbocycles. The Hall–Kier alpha value is -3.95. The minimum Gasteiger partial charge on any atom is -0.383 e. The molecular formula is C33H41N9. The van der Waals surface area contributed by atoms with Gasteiger partial charge >= 0.3 is 0 Å². The van der Waals surface area contributed by atoms with Crippen LogP contribution in [0.1, 0.15) is 42.9 Å². The largest absolute Gasteiger partial charge is 0.383 e. The van der Waals surface area contributed by atoms with Gasteiger partial charge < -0.3 is 25.1 Å². The number of piperazine rings is 1. The van der Waals surface area contributed by atoms with Gasteiger partial charge in [-0.25, -0.2) is 15.0 Å². The van der Waals surface area contributed by atoms with Crippen molar-refractivity contribution in [3.05, 3.63) is 60.0 Å². The topological polar surface area (TPSA) is 93.1 Å². The molecule has 7 rings (SSSR count). The Morgan fingerprint density at radius 1 is 0.881 bits per heavy atom. The van der Waals surface area contributed by atoms with Crippen LogP contribution in [0.15, 0.2) is 48.9 Å². The van der Waals surface area contributed by atoms with Crippen molar-refractivity contribution < 1.29 is 0 Å². The summed E-state index contributed by atoms with van der Waals surface area (Å²) in [6, 6.07) is 14.0. The van der Waals surface area contributed by atoms with Crippen LogP contribution in [0.4, 0.5) is 17.5 Å². The Morgan fingerprint density at radius 2 is 1.60 bits per heavy atom. The predicted octanol–water partition coefficient (Wildman–Crippen LogP) is 5.66. The molecule has 0 atom stereocenters. The fraction of sp³-hybridized carbons (Fsp3) is 0.424. The number of imidazole rings is 1. The van der Waals surface area contributed by atoms with Crippen molar-refractivity contribution in [2.45, 2.75) is 51.6 Å². The zero-order valence-electron chi connectivity index (χ0n) is 25.1. The van der Waals surface area contributed by atoms with Crippen molar-refractivity contribution >= 4 is 39.5 Å².